The van der Waals surface area contributed by atoms with Crippen molar-refractivity contribution >= 4 is 17.1 Å². The lowest BCUT2D eigenvalue weighted by Gasteiger charge is -2.49. The van der Waals surface area contributed by atoms with E-state index in [-0.39, 0.29) is 10.8 Å². The average molecular weight is 480 g/mol. The molecule has 2 aliphatic rings. The summed E-state index contributed by atoms with van der Waals surface area (Å²) in [5.74, 6) is 0. The summed E-state index contributed by atoms with van der Waals surface area (Å²) in [5.41, 5.74) is 13.1. The van der Waals surface area contributed by atoms with Crippen molar-refractivity contribution in [3.05, 3.63) is 126 Å². The van der Waals surface area contributed by atoms with Gasteiger partial charge in [0.25, 0.3) is 0 Å². The summed E-state index contributed by atoms with van der Waals surface area (Å²) < 4.78 is 0. The molecule has 0 saturated carbocycles. The van der Waals surface area contributed by atoms with Crippen LogP contribution < -0.4 is 4.90 Å². The molecule has 2 aliphatic heterocycles. The smallest absolute Gasteiger partial charge is 0.0702 e. The minimum atomic E-state index is -0.133. The van der Waals surface area contributed by atoms with Crippen molar-refractivity contribution in [2.45, 2.75) is 38.5 Å². The van der Waals surface area contributed by atoms with E-state index >= 15 is 0 Å². The topological polar surface area (TPSA) is 29.0 Å². The maximum absolute atomic E-state index is 4.66. The van der Waals surface area contributed by atoms with Crippen molar-refractivity contribution in [2.75, 3.05) is 4.90 Å². The number of pyridine rings is 2. The Hall–Kier alpha value is -4.24. The average Bonchev–Trinajstić information content (AvgIpc) is 2.93. The van der Waals surface area contributed by atoms with Crippen LogP contribution in [0.25, 0.3) is 22.5 Å². The van der Waals surface area contributed by atoms with Gasteiger partial charge in [-0.25, -0.2) is 0 Å². The maximum Gasteiger partial charge on any atom is 0.0702 e. The van der Waals surface area contributed by atoms with Gasteiger partial charge in [-0.05, 0) is 58.7 Å². The van der Waals surface area contributed by atoms with Crippen LogP contribution in [0.1, 0.15) is 49.9 Å². The third-order valence-electron chi connectivity index (χ3n) is 8.35. The van der Waals surface area contributed by atoms with Gasteiger partial charge in [0, 0.05) is 34.4 Å². The molecule has 3 nitrogen and oxygen atoms in total. The van der Waals surface area contributed by atoms with Crippen LogP contribution in [0, 0.1) is 0 Å². The maximum atomic E-state index is 4.66. The molecule has 0 amide bonds. The summed E-state index contributed by atoms with van der Waals surface area (Å²) in [7, 11) is 0. The number of hydrogen-bond acceptors (Lipinski definition) is 3. The second kappa shape index (κ2) is 7.63. The van der Waals surface area contributed by atoms with Crippen molar-refractivity contribution in [3.63, 3.8) is 0 Å². The first-order valence-corrected chi connectivity index (χ1v) is 12.9. The van der Waals surface area contributed by atoms with Crippen molar-refractivity contribution < 1.29 is 0 Å². The van der Waals surface area contributed by atoms with Gasteiger partial charge >= 0.3 is 0 Å². The van der Waals surface area contributed by atoms with Crippen molar-refractivity contribution in [3.8, 4) is 22.5 Å². The minimum absolute atomic E-state index is 0.133. The first-order valence-electron chi connectivity index (χ1n) is 12.9. The highest BCUT2D eigenvalue weighted by Crippen LogP contribution is 2.60. The van der Waals surface area contributed by atoms with Gasteiger partial charge in [0.2, 0.25) is 0 Å². The van der Waals surface area contributed by atoms with Crippen LogP contribution in [-0.4, -0.2) is 9.97 Å². The molecular weight excluding hydrogens is 450 g/mol. The van der Waals surface area contributed by atoms with Crippen LogP contribution in [-0.2, 0) is 10.8 Å². The standard InChI is InChI=1S/C34H29N3/c1-33(2)24-16-14-22(28-12-5-7-18-35-28)20-30(24)37-31-21-23(29-13-6-8-19-36-29)15-17-25(31)34(3,4)27-11-9-10-26(33)32(27)37/h5-21H,1-4H3. The Balaban J connectivity index is 1.55. The zero-order valence-corrected chi connectivity index (χ0v) is 21.7. The SMILES string of the molecule is CC1(C)c2ccc(-c3ccccn3)cc2N2c3cc(-c4ccccn4)ccc3C(C)(C)c3cccc1c32. The van der Waals surface area contributed by atoms with Gasteiger partial charge in [0.15, 0.2) is 0 Å². The number of benzene rings is 3. The molecule has 0 spiro atoms. The zero-order valence-electron chi connectivity index (χ0n) is 21.7. The lowest BCUT2D eigenvalue weighted by molar-refractivity contribution is 0.597. The van der Waals surface area contributed by atoms with Gasteiger partial charge < -0.3 is 4.90 Å². The largest absolute Gasteiger partial charge is 0.309 e. The van der Waals surface area contributed by atoms with Gasteiger partial charge in [-0.2, -0.15) is 0 Å². The molecular formula is C34H29N3. The highest BCUT2D eigenvalue weighted by atomic mass is 15.2. The molecule has 3 aromatic carbocycles. The van der Waals surface area contributed by atoms with E-state index in [0.29, 0.717) is 0 Å². The van der Waals surface area contributed by atoms with Gasteiger partial charge in [0.05, 0.1) is 28.5 Å². The molecule has 5 aromatic rings. The molecule has 0 N–H and O–H groups in total. The van der Waals surface area contributed by atoms with Crippen molar-refractivity contribution in [1.82, 2.24) is 9.97 Å². The van der Waals surface area contributed by atoms with E-state index in [9.17, 15) is 0 Å². The van der Waals surface area contributed by atoms with Gasteiger partial charge in [-0.15, -0.1) is 0 Å². The molecule has 0 fully saturated rings. The van der Waals surface area contributed by atoms with E-state index in [1.807, 2.05) is 24.5 Å². The van der Waals surface area contributed by atoms with Crippen molar-refractivity contribution in [1.29, 1.82) is 0 Å². The third kappa shape index (κ3) is 3.07. The molecule has 2 aromatic heterocycles. The Morgan fingerprint density at radius 1 is 0.514 bits per heavy atom. The minimum Gasteiger partial charge on any atom is -0.309 e. The molecule has 0 bridgehead atoms. The van der Waals surface area contributed by atoms with Crippen LogP contribution in [0.5, 0.6) is 0 Å². The molecule has 0 radical (unpaired) electrons. The quantitative estimate of drug-likeness (QED) is 0.254. The van der Waals surface area contributed by atoms with Gasteiger partial charge in [-0.3, -0.25) is 9.97 Å². The Morgan fingerprint density at radius 2 is 1.00 bits per heavy atom. The fraction of sp³-hybridized carbons (Fsp3) is 0.176. The summed E-state index contributed by atoms with van der Waals surface area (Å²) in [6, 6.07) is 32.8. The first kappa shape index (κ1) is 22.0. The fourth-order valence-electron chi connectivity index (χ4n) is 6.33. The van der Waals surface area contributed by atoms with E-state index < -0.39 is 0 Å². The number of nitrogens with zero attached hydrogens (tertiary/aromatic N) is 3. The highest BCUT2D eigenvalue weighted by molar-refractivity contribution is 5.94. The monoisotopic (exact) mass is 479 g/mol. The molecule has 4 heterocycles. The molecule has 180 valence electrons. The Morgan fingerprint density at radius 3 is 1.43 bits per heavy atom. The number of para-hydroxylation sites is 1. The summed E-state index contributed by atoms with van der Waals surface area (Å²) in [5, 5.41) is 0. The summed E-state index contributed by atoms with van der Waals surface area (Å²) in [6.07, 6.45) is 3.73. The van der Waals surface area contributed by atoms with Crippen LogP contribution in [0.3, 0.4) is 0 Å². The summed E-state index contributed by atoms with van der Waals surface area (Å²) in [6.45, 7) is 9.41. The molecule has 0 unspecified atom stereocenters. The number of anilines is 3. The van der Waals surface area contributed by atoms with E-state index in [1.165, 1.54) is 39.3 Å². The van der Waals surface area contributed by atoms with E-state index in [2.05, 4.69) is 121 Å². The Kier molecular flexibility index (Phi) is 4.54. The Bertz CT molecular complexity index is 1550. The van der Waals surface area contributed by atoms with Crippen LogP contribution in [0.2, 0.25) is 0 Å². The lowest BCUT2D eigenvalue weighted by atomic mass is 9.66. The lowest BCUT2D eigenvalue weighted by Crippen LogP contribution is -2.38. The van der Waals surface area contributed by atoms with Gasteiger partial charge in [0.1, 0.15) is 0 Å². The highest BCUT2D eigenvalue weighted by Gasteiger charge is 2.45. The molecule has 0 atom stereocenters. The molecule has 7 rings (SSSR count). The Labute approximate surface area is 218 Å². The van der Waals surface area contributed by atoms with Crippen LogP contribution in [0.15, 0.2) is 103 Å². The van der Waals surface area contributed by atoms with Gasteiger partial charge in [-0.1, -0.05) is 82.3 Å². The second-order valence-electron chi connectivity index (χ2n) is 11.2. The molecule has 3 heteroatoms. The van der Waals surface area contributed by atoms with Crippen molar-refractivity contribution in [2.24, 2.45) is 0 Å². The first-order chi connectivity index (χ1) is 17.9. The molecule has 0 saturated heterocycles. The normalized spacial score (nSPS) is 15.9. The second-order valence-corrected chi connectivity index (χ2v) is 11.2. The number of fused-ring (bicyclic) bond motifs is 4. The number of hydrogen-bond donors (Lipinski definition) is 0. The number of aromatic nitrogens is 2. The van der Waals surface area contributed by atoms with E-state index in [0.717, 1.165) is 22.5 Å². The number of rotatable bonds is 2. The van der Waals surface area contributed by atoms with Crippen LogP contribution in [0.4, 0.5) is 17.1 Å². The predicted octanol–water partition coefficient (Wildman–Crippen LogP) is 8.56. The van der Waals surface area contributed by atoms with E-state index in [4.69, 9.17) is 0 Å². The molecule has 37 heavy (non-hydrogen) atoms. The third-order valence-corrected chi connectivity index (χ3v) is 8.35. The van der Waals surface area contributed by atoms with E-state index in [1.54, 1.807) is 0 Å². The zero-order chi connectivity index (χ0) is 25.4. The summed E-state index contributed by atoms with van der Waals surface area (Å²) >= 11 is 0. The fourth-order valence-corrected chi connectivity index (χ4v) is 6.33. The summed E-state index contributed by atoms with van der Waals surface area (Å²) in [4.78, 5) is 11.8. The van der Waals surface area contributed by atoms with Crippen LogP contribution >= 0.6 is 0 Å². The predicted molar refractivity (Wildman–Crippen MR) is 152 cm³/mol. The molecule has 0 aliphatic carbocycles.